The van der Waals surface area contributed by atoms with E-state index in [1.54, 1.807) is 10.9 Å². The average Bonchev–Trinajstić information content (AvgIpc) is 2.98. The van der Waals surface area contributed by atoms with Crippen LogP contribution in [0.1, 0.15) is 33.6 Å². The summed E-state index contributed by atoms with van der Waals surface area (Å²) in [6, 6.07) is 0. The highest BCUT2D eigenvalue weighted by atomic mass is 16.5. The summed E-state index contributed by atoms with van der Waals surface area (Å²) in [5, 5.41) is 13.7. The topological polar surface area (TPSA) is 96.3 Å². The van der Waals surface area contributed by atoms with Gasteiger partial charge in [-0.2, -0.15) is 10.1 Å². The van der Waals surface area contributed by atoms with E-state index in [1.165, 1.54) is 0 Å². The number of rotatable bonds is 4. The van der Waals surface area contributed by atoms with Crippen molar-refractivity contribution in [2.45, 2.75) is 45.3 Å². The second kappa shape index (κ2) is 6.52. The molecule has 2 aromatic rings. The molecule has 3 heterocycles. The zero-order valence-corrected chi connectivity index (χ0v) is 14.4. The molecule has 2 aromatic heterocycles. The highest BCUT2D eigenvalue weighted by Gasteiger charge is 2.25. The van der Waals surface area contributed by atoms with E-state index in [9.17, 15) is 4.79 Å². The van der Waals surface area contributed by atoms with E-state index in [4.69, 9.17) is 9.84 Å². The summed E-state index contributed by atoms with van der Waals surface area (Å²) in [7, 11) is 0. The Bertz CT molecular complexity index is 761. The fourth-order valence-corrected chi connectivity index (χ4v) is 3.03. The predicted octanol–water partition coefficient (Wildman–Crippen LogP) is 0.852. The number of aliphatic hydroxyl groups is 1. The molecule has 0 saturated carbocycles. The van der Waals surface area contributed by atoms with E-state index in [1.807, 2.05) is 25.7 Å². The van der Waals surface area contributed by atoms with Crippen LogP contribution in [0.4, 0.5) is 5.95 Å². The Balaban J connectivity index is 1.93. The Kier molecular flexibility index (Phi) is 4.60. The lowest BCUT2D eigenvalue weighted by Gasteiger charge is -2.33. The van der Waals surface area contributed by atoms with Crippen molar-refractivity contribution in [3.63, 3.8) is 0 Å². The van der Waals surface area contributed by atoms with Crippen LogP contribution in [-0.2, 0) is 10.3 Å². The minimum Gasteiger partial charge on any atom is -0.394 e. The molecule has 0 amide bonds. The van der Waals surface area contributed by atoms with Gasteiger partial charge in [-0.3, -0.25) is 9.78 Å². The molecule has 1 saturated heterocycles. The average molecular weight is 335 g/mol. The zero-order chi connectivity index (χ0) is 17.3. The Morgan fingerprint density at radius 1 is 1.46 bits per heavy atom. The summed E-state index contributed by atoms with van der Waals surface area (Å²) in [6.07, 6.45) is 3.51. The van der Waals surface area contributed by atoms with Crippen LogP contribution in [0.25, 0.3) is 11.0 Å². The van der Waals surface area contributed by atoms with E-state index in [0.717, 1.165) is 19.4 Å². The molecule has 132 valence electrons. The quantitative estimate of drug-likeness (QED) is 0.860. The van der Waals surface area contributed by atoms with Gasteiger partial charge in [-0.1, -0.05) is 0 Å². The van der Waals surface area contributed by atoms with Crippen molar-refractivity contribution in [2.24, 2.45) is 0 Å². The van der Waals surface area contributed by atoms with Crippen LogP contribution >= 0.6 is 0 Å². The minimum atomic E-state index is -0.255. The molecular formula is C16H25N5O3. The number of nitrogens with one attached hydrogen (secondary N) is 1. The number of hydrogen-bond donors (Lipinski definition) is 2. The molecule has 8 heteroatoms. The third kappa shape index (κ3) is 3.29. The third-order valence-electron chi connectivity index (χ3n) is 4.18. The zero-order valence-electron chi connectivity index (χ0n) is 14.4. The number of ether oxygens (including phenoxy) is 1. The fraction of sp³-hybridized carbons (Fsp3) is 0.688. The number of nitrogens with zero attached hydrogens (tertiary/aromatic N) is 4. The van der Waals surface area contributed by atoms with Gasteiger partial charge in [-0.25, -0.2) is 4.68 Å². The van der Waals surface area contributed by atoms with Gasteiger partial charge in [0.15, 0.2) is 5.65 Å². The molecule has 8 nitrogen and oxygen atoms in total. The van der Waals surface area contributed by atoms with Gasteiger partial charge >= 0.3 is 0 Å². The van der Waals surface area contributed by atoms with Crippen LogP contribution in [0.15, 0.2) is 11.0 Å². The van der Waals surface area contributed by atoms with E-state index in [0.29, 0.717) is 30.1 Å². The number of aromatic amines is 1. The van der Waals surface area contributed by atoms with Crippen molar-refractivity contribution in [3.05, 3.63) is 16.6 Å². The Morgan fingerprint density at radius 3 is 2.96 bits per heavy atom. The van der Waals surface area contributed by atoms with E-state index >= 15 is 0 Å². The predicted molar refractivity (Wildman–Crippen MR) is 91.4 cm³/mol. The number of aromatic nitrogens is 4. The van der Waals surface area contributed by atoms with Crippen molar-refractivity contribution in [3.8, 4) is 0 Å². The van der Waals surface area contributed by atoms with Gasteiger partial charge in [0.1, 0.15) is 5.39 Å². The lowest BCUT2D eigenvalue weighted by atomic mass is 10.1. The van der Waals surface area contributed by atoms with Crippen molar-refractivity contribution < 1.29 is 9.84 Å². The molecule has 0 aromatic carbocycles. The number of aliphatic hydroxyl groups excluding tert-OH is 1. The molecule has 1 fully saturated rings. The number of piperidine rings is 1. The van der Waals surface area contributed by atoms with Gasteiger partial charge in [0.25, 0.3) is 5.56 Å². The van der Waals surface area contributed by atoms with Crippen LogP contribution in [0.3, 0.4) is 0 Å². The first-order chi connectivity index (χ1) is 11.4. The Hall–Kier alpha value is -1.93. The van der Waals surface area contributed by atoms with Crippen LogP contribution in [-0.4, -0.2) is 57.3 Å². The van der Waals surface area contributed by atoms with Crippen molar-refractivity contribution in [1.29, 1.82) is 0 Å². The second-order valence-electron chi connectivity index (χ2n) is 7.16. The van der Waals surface area contributed by atoms with Gasteiger partial charge < -0.3 is 14.7 Å². The van der Waals surface area contributed by atoms with Gasteiger partial charge in [0, 0.05) is 13.1 Å². The smallest absolute Gasteiger partial charge is 0.263 e. The minimum absolute atomic E-state index is 0.0162. The first kappa shape index (κ1) is 16.9. The number of anilines is 1. The summed E-state index contributed by atoms with van der Waals surface area (Å²) < 4.78 is 7.42. The number of H-pyrrole nitrogens is 1. The largest absolute Gasteiger partial charge is 0.394 e. The van der Waals surface area contributed by atoms with E-state index in [-0.39, 0.29) is 23.8 Å². The first-order valence-electron chi connectivity index (χ1n) is 8.36. The van der Waals surface area contributed by atoms with Crippen molar-refractivity contribution in [2.75, 3.05) is 31.2 Å². The maximum Gasteiger partial charge on any atom is 0.263 e. The molecule has 0 spiro atoms. The Morgan fingerprint density at radius 2 is 2.25 bits per heavy atom. The molecule has 3 rings (SSSR count). The molecule has 1 atom stereocenters. The standard InChI is InChI=1S/C16H25N5O3/c1-16(2,3)21-13-12(9-17-21)14(23)19-15(18-13)20-6-4-5-11(10-20)24-8-7-22/h9,11,22H,4-8,10H2,1-3H3,(H,18,19,23). The van der Waals surface area contributed by atoms with Crippen LogP contribution in [0.2, 0.25) is 0 Å². The molecular weight excluding hydrogens is 310 g/mol. The summed E-state index contributed by atoms with van der Waals surface area (Å²) in [4.78, 5) is 22.0. The lowest BCUT2D eigenvalue weighted by molar-refractivity contribution is 0.0212. The first-order valence-corrected chi connectivity index (χ1v) is 8.36. The lowest BCUT2D eigenvalue weighted by Crippen LogP contribution is -2.41. The molecule has 1 unspecified atom stereocenters. The molecule has 2 N–H and O–H groups in total. The molecule has 24 heavy (non-hydrogen) atoms. The summed E-state index contributed by atoms with van der Waals surface area (Å²) in [5.74, 6) is 0.552. The molecule has 1 aliphatic rings. The fourth-order valence-electron chi connectivity index (χ4n) is 3.03. The molecule has 0 radical (unpaired) electrons. The van der Waals surface area contributed by atoms with E-state index < -0.39 is 0 Å². The van der Waals surface area contributed by atoms with E-state index in [2.05, 4.69) is 15.1 Å². The van der Waals surface area contributed by atoms with Gasteiger partial charge in [0.05, 0.1) is 31.1 Å². The second-order valence-corrected chi connectivity index (χ2v) is 7.16. The molecule has 0 bridgehead atoms. The Labute approximate surface area is 140 Å². The SMILES string of the molecule is CC(C)(C)n1ncc2c(=O)[nH]c(N3CCCC(OCCO)C3)nc21. The third-order valence-corrected chi connectivity index (χ3v) is 4.18. The summed E-state index contributed by atoms with van der Waals surface area (Å²) in [6.45, 7) is 7.90. The van der Waals surface area contributed by atoms with Crippen molar-refractivity contribution in [1.82, 2.24) is 19.7 Å². The summed E-state index contributed by atoms with van der Waals surface area (Å²) in [5.41, 5.74) is 0.164. The monoisotopic (exact) mass is 335 g/mol. The number of hydrogen-bond acceptors (Lipinski definition) is 6. The maximum absolute atomic E-state index is 12.4. The van der Waals surface area contributed by atoms with Crippen molar-refractivity contribution >= 4 is 17.0 Å². The highest BCUT2D eigenvalue weighted by Crippen LogP contribution is 2.22. The van der Waals surface area contributed by atoms with Crippen LogP contribution in [0.5, 0.6) is 0 Å². The van der Waals surface area contributed by atoms with Gasteiger partial charge in [0.2, 0.25) is 5.95 Å². The van der Waals surface area contributed by atoms with Crippen LogP contribution in [0, 0.1) is 0 Å². The normalized spacial score (nSPS) is 19.2. The highest BCUT2D eigenvalue weighted by molar-refractivity contribution is 5.74. The molecule has 1 aliphatic heterocycles. The van der Waals surface area contributed by atoms with Gasteiger partial charge in [-0.05, 0) is 33.6 Å². The maximum atomic E-state index is 12.4. The van der Waals surface area contributed by atoms with Crippen LogP contribution < -0.4 is 10.5 Å². The summed E-state index contributed by atoms with van der Waals surface area (Å²) >= 11 is 0. The van der Waals surface area contributed by atoms with Gasteiger partial charge in [-0.15, -0.1) is 0 Å². The number of fused-ring (bicyclic) bond motifs is 1. The molecule has 0 aliphatic carbocycles.